The summed E-state index contributed by atoms with van der Waals surface area (Å²) in [6.45, 7) is 8.55. The Kier molecular flexibility index (Phi) is 8.25. The summed E-state index contributed by atoms with van der Waals surface area (Å²) in [5, 5.41) is 2.81. The second kappa shape index (κ2) is 11.6. The van der Waals surface area contributed by atoms with Crippen LogP contribution in [0, 0.1) is 0 Å². The van der Waals surface area contributed by atoms with Gasteiger partial charge in [0.25, 0.3) is 0 Å². The lowest BCUT2D eigenvalue weighted by molar-refractivity contribution is -0.134. The molecule has 1 aliphatic rings. The number of carbonyl (C=O) groups is 1. The van der Waals surface area contributed by atoms with Crippen molar-refractivity contribution < 1.29 is 14.3 Å². The Balaban J connectivity index is 1.70. The third kappa shape index (κ3) is 5.44. The summed E-state index contributed by atoms with van der Waals surface area (Å²) in [5.41, 5.74) is 2.72. The Morgan fingerprint density at radius 2 is 1.74 bits per heavy atom. The molecule has 1 fully saturated rings. The molecule has 1 aliphatic heterocycles. The maximum atomic E-state index is 13.8. The molecule has 8 heteroatoms. The number of methoxy groups -OCH3 is 2. The minimum Gasteiger partial charge on any atom is -0.497 e. The monoisotopic (exact) mass is 494 g/mol. The van der Waals surface area contributed by atoms with Gasteiger partial charge >= 0.3 is 0 Å². The smallest absolute Gasteiger partial charge is 0.245 e. The molecule has 0 saturated carbocycles. The Morgan fingerprint density at radius 3 is 2.37 bits per heavy atom. The van der Waals surface area contributed by atoms with E-state index >= 15 is 0 Å². The Labute approximate surface area is 211 Å². The Bertz CT molecular complexity index is 1110. The molecular weight excluding hydrogens is 460 g/mol. The van der Waals surface area contributed by atoms with Gasteiger partial charge in [-0.05, 0) is 49.4 Å². The first-order chi connectivity index (χ1) is 17.1. The van der Waals surface area contributed by atoms with Gasteiger partial charge in [0.15, 0.2) is 5.13 Å². The van der Waals surface area contributed by atoms with E-state index in [-0.39, 0.29) is 11.9 Å². The summed E-state index contributed by atoms with van der Waals surface area (Å²) in [6.07, 6.45) is 0.655. The second-order valence-electron chi connectivity index (χ2n) is 8.47. The first-order valence-electron chi connectivity index (χ1n) is 12.1. The van der Waals surface area contributed by atoms with Crippen LogP contribution in [-0.2, 0) is 4.79 Å². The summed E-state index contributed by atoms with van der Waals surface area (Å²) in [6, 6.07) is 15.3. The number of thiazole rings is 1. The summed E-state index contributed by atoms with van der Waals surface area (Å²) in [5.74, 6) is 1.66. The van der Waals surface area contributed by atoms with Gasteiger partial charge in [-0.3, -0.25) is 4.79 Å². The molecule has 1 unspecified atom stereocenters. The van der Waals surface area contributed by atoms with E-state index in [1.54, 1.807) is 14.2 Å². The second-order valence-corrected chi connectivity index (χ2v) is 9.31. The van der Waals surface area contributed by atoms with Gasteiger partial charge in [-0.2, -0.15) is 0 Å². The predicted octanol–water partition coefficient (Wildman–Crippen LogP) is 4.91. The van der Waals surface area contributed by atoms with Crippen LogP contribution < -0.4 is 14.4 Å². The molecule has 2 heterocycles. The molecule has 3 aromatic rings. The first kappa shape index (κ1) is 25.0. The number of aromatic nitrogens is 1. The number of para-hydroxylation sites is 2. The van der Waals surface area contributed by atoms with Crippen molar-refractivity contribution in [3.63, 3.8) is 0 Å². The highest BCUT2D eigenvalue weighted by atomic mass is 32.1. The van der Waals surface area contributed by atoms with Crippen molar-refractivity contribution in [1.82, 2.24) is 14.8 Å². The van der Waals surface area contributed by atoms with Gasteiger partial charge in [-0.1, -0.05) is 26.0 Å². The molecule has 7 nitrogen and oxygen atoms in total. The molecule has 1 atom stereocenters. The summed E-state index contributed by atoms with van der Waals surface area (Å²) in [7, 11) is 3.32. The Morgan fingerprint density at radius 1 is 1.03 bits per heavy atom. The third-order valence-corrected chi connectivity index (χ3v) is 7.38. The lowest BCUT2D eigenvalue weighted by Gasteiger charge is -2.38. The van der Waals surface area contributed by atoms with Gasteiger partial charge in [0, 0.05) is 37.1 Å². The van der Waals surface area contributed by atoms with E-state index in [2.05, 4.69) is 23.6 Å². The number of rotatable bonds is 9. The third-order valence-electron chi connectivity index (χ3n) is 6.54. The maximum absolute atomic E-state index is 13.8. The minimum atomic E-state index is -0.380. The zero-order valence-corrected chi connectivity index (χ0v) is 21.8. The number of ether oxygens (including phenoxy) is 2. The average Bonchev–Trinajstić information content (AvgIpc) is 3.41. The molecule has 0 N–H and O–H groups in total. The fraction of sp³-hybridized carbons (Fsp3) is 0.407. The molecule has 1 amide bonds. The fourth-order valence-corrected chi connectivity index (χ4v) is 5.36. The van der Waals surface area contributed by atoms with Gasteiger partial charge < -0.3 is 24.2 Å². The topological polar surface area (TPSA) is 58.1 Å². The van der Waals surface area contributed by atoms with E-state index in [9.17, 15) is 4.79 Å². The summed E-state index contributed by atoms with van der Waals surface area (Å²) >= 11 is 1.54. The number of anilines is 2. The standard InChI is InChI=1S/C27H34N4O3S/c1-5-23(26(32)30-17-15-29(6-2)16-18-30)31(24-9-7-8-10-25(24)34-4)27-28-22(19-35-27)20-11-13-21(33-3)14-12-20/h7-14,19,23H,5-6,15-18H2,1-4H3. The molecule has 2 aromatic carbocycles. The van der Waals surface area contributed by atoms with E-state index in [1.165, 1.54) is 11.3 Å². The van der Waals surface area contributed by atoms with Gasteiger partial charge in [-0.15, -0.1) is 11.3 Å². The summed E-state index contributed by atoms with van der Waals surface area (Å²) < 4.78 is 11.0. The lowest BCUT2D eigenvalue weighted by atomic mass is 10.1. The van der Waals surface area contributed by atoms with Crippen molar-refractivity contribution in [2.75, 3.05) is 51.8 Å². The van der Waals surface area contributed by atoms with E-state index in [4.69, 9.17) is 14.5 Å². The number of amides is 1. The quantitative estimate of drug-likeness (QED) is 0.421. The van der Waals surface area contributed by atoms with Gasteiger partial charge in [0.1, 0.15) is 17.5 Å². The van der Waals surface area contributed by atoms with Crippen LogP contribution >= 0.6 is 11.3 Å². The number of piperazine rings is 1. The highest BCUT2D eigenvalue weighted by Gasteiger charge is 2.34. The number of nitrogens with zero attached hydrogens (tertiary/aromatic N) is 4. The largest absolute Gasteiger partial charge is 0.497 e. The fourth-order valence-electron chi connectivity index (χ4n) is 4.47. The van der Waals surface area contributed by atoms with Crippen molar-refractivity contribution in [2.45, 2.75) is 26.3 Å². The SMILES string of the molecule is CCC(C(=O)N1CCN(CC)CC1)N(c1nc(-c2ccc(OC)cc2)cs1)c1ccccc1OC. The van der Waals surface area contributed by atoms with Crippen LogP contribution in [0.3, 0.4) is 0 Å². The van der Waals surface area contributed by atoms with Crippen LogP contribution in [0.15, 0.2) is 53.9 Å². The zero-order chi connectivity index (χ0) is 24.8. The van der Waals surface area contributed by atoms with Gasteiger partial charge in [0.05, 0.1) is 25.6 Å². The molecule has 1 aromatic heterocycles. The van der Waals surface area contributed by atoms with Crippen LogP contribution in [0.4, 0.5) is 10.8 Å². The van der Waals surface area contributed by atoms with Crippen molar-refractivity contribution in [1.29, 1.82) is 0 Å². The number of likely N-dealkylation sites (N-methyl/N-ethyl adjacent to an activating group) is 1. The van der Waals surface area contributed by atoms with Crippen molar-refractivity contribution >= 4 is 28.1 Å². The van der Waals surface area contributed by atoms with Gasteiger partial charge in [0.2, 0.25) is 5.91 Å². The molecule has 0 spiro atoms. The number of carbonyl (C=O) groups excluding carboxylic acids is 1. The molecule has 186 valence electrons. The van der Waals surface area contributed by atoms with Crippen LogP contribution in [0.1, 0.15) is 20.3 Å². The number of hydrogen-bond acceptors (Lipinski definition) is 7. The van der Waals surface area contributed by atoms with Crippen LogP contribution in [0.25, 0.3) is 11.3 Å². The van der Waals surface area contributed by atoms with Crippen molar-refractivity contribution in [2.24, 2.45) is 0 Å². The lowest BCUT2D eigenvalue weighted by Crippen LogP contribution is -2.54. The Hall–Kier alpha value is -3.10. The normalized spacial score (nSPS) is 15.0. The van der Waals surface area contributed by atoms with E-state index in [0.29, 0.717) is 6.42 Å². The molecule has 0 radical (unpaired) electrons. The predicted molar refractivity (Wildman–Crippen MR) is 142 cm³/mol. The summed E-state index contributed by atoms with van der Waals surface area (Å²) in [4.78, 5) is 25.3. The van der Waals surface area contributed by atoms with Gasteiger partial charge in [-0.25, -0.2) is 4.98 Å². The van der Waals surface area contributed by atoms with Crippen LogP contribution in [0.2, 0.25) is 0 Å². The van der Waals surface area contributed by atoms with E-state index in [0.717, 1.165) is 66.3 Å². The molecule has 35 heavy (non-hydrogen) atoms. The molecular formula is C27H34N4O3S. The average molecular weight is 495 g/mol. The van der Waals surface area contributed by atoms with Crippen LogP contribution in [0.5, 0.6) is 11.5 Å². The molecule has 0 aliphatic carbocycles. The van der Waals surface area contributed by atoms with E-state index in [1.807, 2.05) is 58.8 Å². The number of hydrogen-bond donors (Lipinski definition) is 0. The van der Waals surface area contributed by atoms with Crippen LogP contribution in [-0.4, -0.2) is 73.7 Å². The molecule has 1 saturated heterocycles. The van der Waals surface area contributed by atoms with Crippen molar-refractivity contribution in [3.8, 4) is 22.8 Å². The van der Waals surface area contributed by atoms with Crippen molar-refractivity contribution in [3.05, 3.63) is 53.9 Å². The highest BCUT2D eigenvalue weighted by Crippen LogP contribution is 2.39. The first-order valence-corrected chi connectivity index (χ1v) is 13.0. The number of benzene rings is 2. The highest BCUT2D eigenvalue weighted by molar-refractivity contribution is 7.14. The molecule has 4 rings (SSSR count). The minimum absolute atomic E-state index is 0.135. The zero-order valence-electron chi connectivity index (χ0n) is 20.9. The van der Waals surface area contributed by atoms with E-state index < -0.39 is 0 Å². The maximum Gasteiger partial charge on any atom is 0.245 e. The molecule has 0 bridgehead atoms.